The Labute approximate surface area is 192 Å². The maximum Gasteiger partial charge on any atom is 0.416 e. The summed E-state index contributed by atoms with van der Waals surface area (Å²) < 4.78 is 49.3. The van der Waals surface area contributed by atoms with E-state index in [1.54, 1.807) is 13.8 Å². The molecule has 0 aliphatic carbocycles. The number of furan rings is 1. The lowest BCUT2D eigenvalue weighted by Crippen LogP contribution is -2.50. The minimum absolute atomic E-state index is 0.0169. The number of hydrogen-bond acceptors (Lipinski definition) is 6. The molecule has 3 rings (SSSR count). The monoisotopic (exact) mass is 481 g/mol. The number of ether oxygens (including phenoxy) is 1. The number of esters is 1. The molecule has 1 aromatic carbocycles. The zero-order valence-electron chi connectivity index (χ0n) is 18.4. The number of carbonyl (C=O) groups is 4. The van der Waals surface area contributed by atoms with Gasteiger partial charge in [-0.1, -0.05) is 13.8 Å². The van der Waals surface area contributed by atoms with E-state index in [1.807, 2.05) is 0 Å². The first-order valence-corrected chi connectivity index (χ1v) is 10.3. The van der Waals surface area contributed by atoms with Crippen molar-refractivity contribution >= 4 is 35.1 Å². The standard InChI is InChI=1S/C22H22F3N3O6/c1-11(2)18(27-19(30)16-5-4-8-33-16)21(32)34-12(3)20(31)28-10-17(29)26-14-9-13(22(23,24)25)6-7-15(14)28/h4-9,11-12,18H,10H2,1-3H3,(H,26,29)(H,27,30)/t12?,18-/m0/s1. The van der Waals surface area contributed by atoms with Crippen LogP contribution in [-0.4, -0.2) is 42.4 Å². The molecule has 0 radical (unpaired) electrons. The molecule has 2 N–H and O–H groups in total. The summed E-state index contributed by atoms with van der Waals surface area (Å²) in [6.45, 7) is 4.11. The molecule has 1 aliphatic rings. The number of nitrogens with one attached hydrogen (secondary N) is 2. The van der Waals surface area contributed by atoms with Crippen molar-refractivity contribution in [3.63, 3.8) is 0 Å². The average Bonchev–Trinajstić information content (AvgIpc) is 3.29. The third-order valence-electron chi connectivity index (χ3n) is 5.05. The van der Waals surface area contributed by atoms with Crippen LogP contribution in [0, 0.1) is 5.92 Å². The molecule has 34 heavy (non-hydrogen) atoms. The highest BCUT2D eigenvalue weighted by Crippen LogP contribution is 2.37. The summed E-state index contributed by atoms with van der Waals surface area (Å²) in [5, 5.41) is 4.79. The van der Waals surface area contributed by atoms with E-state index in [0.717, 1.165) is 23.1 Å². The number of fused-ring (bicyclic) bond motifs is 1. The number of nitrogens with zero attached hydrogens (tertiary/aromatic N) is 1. The first-order chi connectivity index (χ1) is 15.9. The summed E-state index contributed by atoms with van der Waals surface area (Å²) >= 11 is 0. The smallest absolute Gasteiger partial charge is 0.416 e. The fourth-order valence-electron chi connectivity index (χ4n) is 3.30. The highest BCUT2D eigenvalue weighted by atomic mass is 19.4. The van der Waals surface area contributed by atoms with Gasteiger partial charge >= 0.3 is 12.1 Å². The highest BCUT2D eigenvalue weighted by molar-refractivity contribution is 6.11. The van der Waals surface area contributed by atoms with Gasteiger partial charge in [0.15, 0.2) is 11.9 Å². The van der Waals surface area contributed by atoms with Crippen molar-refractivity contribution in [3.05, 3.63) is 47.9 Å². The van der Waals surface area contributed by atoms with Gasteiger partial charge in [-0.2, -0.15) is 13.2 Å². The van der Waals surface area contributed by atoms with Crippen molar-refractivity contribution in [1.29, 1.82) is 0 Å². The Balaban J connectivity index is 1.75. The summed E-state index contributed by atoms with van der Waals surface area (Å²) in [7, 11) is 0. The molecule has 1 aromatic heterocycles. The minimum Gasteiger partial charge on any atom is -0.459 e. The molecule has 0 saturated heterocycles. The van der Waals surface area contributed by atoms with Gasteiger partial charge in [0.25, 0.3) is 11.8 Å². The molecule has 9 nitrogen and oxygen atoms in total. The normalized spacial score (nSPS) is 15.3. The first kappa shape index (κ1) is 24.8. The average molecular weight is 481 g/mol. The first-order valence-electron chi connectivity index (χ1n) is 10.3. The number of rotatable bonds is 6. The van der Waals surface area contributed by atoms with Gasteiger partial charge in [0, 0.05) is 0 Å². The van der Waals surface area contributed by atoms with Crippen LogP contribution in [0.15, 0.2) is 41.0 Å². The molecule has 182 valence electrons. The predicted molar refractivity (Wildman–Crippen MR) is 113 cm³/mol. The van der Waals surface area contributed by atoms with Gasteiger partial charge in [-0.3, -0.25) is 19.3 Å². The molecule has 2 aromatic rings. The third-order valence-corrected chi connectivity index (χ3v) is 5.05. The summed E-state index contributed by atoms with van der Waals surface area (Å²) in [4.78, 5) is 50.9. The minimum atomic E-state index is -4.64. The Morgan fingerprint density at radius 1 is 1.18 bits per heavy atom. The molecule has 0 bridgehead atoms. The van der Waals surface area contributed by atoms with Crippen LogP contribution in [0.4, 0.5) is 24.5 Å². The number of alkyl halides is 3. The molecule has 1 unspecified atom stereocenters. The largest absolute Gasteiger partial charge is 0.459 e. The maximum absolute atomic E-state index is 13.0. The van der Waals surface area contributed by atoms with Gasteiger partial charge < -0.3 is 19.8 Å². The lowest BCUT2D eigenvalue weighted by atomic mass is 10.0. The lowest BCUT2D eigenvalue weighted by molar-refractivity contribution is -0.156. The van der Waals surface area contributed by atoms with E-state index in [9.17, 15) is 32.3 Å². The molecular weight excluding hydrogens is 459 g/mol. The quantitative estimate of drug-likeness (QED) is 0.613. The summed E-state index contributed by atoms with van der Waals surface area (Å²) in [6.07, 6.45) is -4.74. The number of benzene rings is 1. The topological polar surface area (TPSA) is 118 Å². The van der Waals surface area contributed by atoms with E-state index in [-0.39, 0.29) is 17.1 Å². The van der Waals surface area contributed by atoms with Crippen molar-refractivity contribution in [2.24, 2.45) is 5.92 Å². The molecular formula is C22H22F3N3O6. The number of halogens is 3. The van der Waals surface area contributed by atoms with Gasteiger partial charge in [-0.15, -0.1) is 0 Å². The fourth-order valence-corrected chi connectivity index (χ4v) is 3.30. The van der Waals surface area contributed by atoms with Crippen molar-refractivity contribution in [3.8, 4) is 0 Å². The summed E-state index contributed by atoms with van der Waals surface area (Å²) in [6, 6.07) is 4.37. The van der Waals surface area contributed by atoms with Crippen LogP contribution in [0.5, 0.6) is 0 Å². The molecule has 0 saturated carbocycles. The van der Waals surface area contributed by atoms with Gasteiger partial charge in [0.2, 0.25) is 5.91 Å². The van der Waals surface area contributed by atoms with E-state index < -0.39 is 60.0 Å². The number of carbonyl (C=O) groups excluding carboxylic acids is 4. The predicted octanol–water partition coefficient (Wildman–Crippen LogP) is 2.97. The molecule has 0 fully saturated rings. The van der Waals surface area contributed by atoms with Crippen molar-refractivity contribution in [2.45, 2.75) is 39.1 Å². The van der Waals surface area contributed by atoms with Crippen LogP contribution < -0.4 is 15.5 Å². The third kappa shape index (κ3) is 5.38. The van der Waals surface area contributed by atoms with Gasteiger partial charge in [-0.25, -0.2) is 4.79 Å². The Hall–Kier alpha value is -3.83. The van der Waals surface area contributed by atoms with Crippen molar-refractivity contribution in [1.82, 2.24) is 5.32 Å². The number of hydrogen-bond donors (Lipinski definition) is 2. The van der Waals surface area contributed by atoms with E-state index >= 15 is 0 Å². The van der Waals surface area contributed by atoms with Crippen LogP contribution >= 0.6 is 0 Å². The molecule has 12 heteroatoms. The summed E-state index contributed by atoms with van der Waals surface area (Å²) in [5.74, 6) is -3.49. The van der Waals surface area contributed by atoms with Crippen molar-refractivity contribution in [2.75, 3.05) is 16.8 Å². The maximum atomic E-state index is 13.0. The SMILES string of the molecule is CC(OC(=O)[C@@H](NC(=O)c1ccco1)C(C)C)C(=O)N1CC(=O)Nc2cc(C(F)(F)F)ccc21. The fraction of sp³-hybridized carbons (Fsp3) is 0.364. The zero-order valence-corrected chi connectivity index (χ0v) is 18.4. The molecule has 3 amide bonds. The van der Waals surface area contributed by atoms with Gasteiger partial charge in [0.05, 0.1) is 23.2 Å². The molecule has 2 atom stereocenters. The van der Waals surface area contributed by atoms with E-state index in [1.165, 1.54) is 25.3 Å². The van der Waals surface area contributed by atoms with E-state index in [0.29, 0.717) is 0 Å². The Kier molecular flexibility index (Phi) is 6.99. The second kappa shape index (κ2) is 9.57. The van der Waals surface area contributed by atoms with E-state index in [2.05, 4.69) is 10.6 Å². The second-order valence-electron chi connectivity index (χ2n) is 7.95. The van der Waals surface area contributed by atoms with Crippen LogP contribution in [-0.2, 0) is 25.3 Å². The van der Waals surface area contributed by atoms with Crippen LogP contribution in [0.25, 0.3) is 0 Å². The summed E-state index contributed by atoms with van der Waals surface area (Å²) in [5.41, 5.74) is -1.15. The Morgan fingerprint density at radius 3 is 2.47 bits per heavy atom. The van der Waals surface area contributed by atoms with Crippen LogP contribution in [0.2, 0.25) is 0 Å². The van der Waals surface area contributed by atoms with Crippen molar-refractivity contribution < 1.29 is 41.5 Å². The Bertz CT molecular complexity index is 1100. The van der Waals surface area contributed by atoms with Crippen LogP contribution in [0.3, 0.4) is 0 Å². The molecule has 1 aliphatic heterocycles. The number of anilines is 2. The Morgan fingerprint density at radius 2 is 1.88 bits per heavy atom. The molecule has 0 spiro atoms. The van der Waals surface area contributed by atoms with Gasteiger partial charge in [0.1, 0.15) is 12.6 Å². The van der Waals surface area contributed by atoms with Crippen LogP contribution in [0.1, 0.15) is 36.9 Å². The molecule has 2 heterocycles. The zero-order chi connectivity index (χ0) is 25.2. The lowest BCUT2D eigenvalue weighted by Gasteiger charge is -2.32. The second-order valence-corrected chi connectivity index (χ2v) is 7.95. The van der Waals surface area contributed by atoms with E-state index in [4.69, 9.17) is 9.15 Å². The van der Waals surface area contributed by atoms with Gasteiger partial charge in [-0.05, 0) is 43.2 Å². The number of amides is 3. The highest BCUT2D eigenvalue weighted by Gasteiger charge is 2.36.